The molecule has 0 saturated carbocycles. The zero-order chi connectivity index (χ0) is 20.3. The van der Waals surface area contributed by atoms with Gasteiger partial charge in [0.2, 0.25) is 0 Å². The van der Waals surface area contributed by atoms with Gasteiger partial charge in [-0.3, -0.25) is 4.79 Å². The smallest absolute Gasteiger partial charge is 0.251 e. The molecular weight excluding hydrogens is 374 g/mol. The van der Waals surface area contributed by atoms with Crippen molar-refractivity contribution in [3.63, 3.8) is 0 Å². The summed E-state index contributed by atoms with van der Waals surface area (Å²) in [6.07, 6.45) is 1.43. The van der Waals surface area contributed by atoms with Gasteiger partial charge in [-0.15, -0.1) is 0 Å². The first-order valence-corrected chi connectivity index (χ1v) is 10.5. The summed E-state index contributed by atoms with van der Waals surface area (Å²) in [7, 11) is -3.74. The summed E-state index contributed by atoms with van der Waals surface area (Å²) >= 11 is 0. The quantitative estimate of drug-likeness (QED) is 0.678. The molecule has 0 spiro atoms. The number of amides is 1. The number of hydrogen-bond donors (Lipinski definition) is 1. The molecular formula is C22H23NO4S. The van der Waals surface area contributed by atoms with E-state index in [1.54, 1.807) is 48.5 Å². The summed E-state index contributed by atoms with van der Waals surface area (Å²) in [5.74, 6) is -0.0280. The van der Waals surface area contributed by atoms with Crippen molar-refractivity contribution >= 4 is 15.7 Å². The molecule has 5 nitrogen and oxygen atoms in total. The summed E-state index contributed by atoms with van der Waals surface area (Å²) in [5, 5.41) is 1.73. The molecule has 0 bridgehead atoms. The third-order valence-electron chi connectivity index (χ3n) is 4.80. The van der Waals surface area contributed by atoms with Crippen LogP contribution in [-0.4, -0.2) is 20.9 Å². The van der Waals surface area contributed by atoms with Gasteiger partial charge in [0.15, 0.2) is 9.84 Å². The van der Waals surface area contributed by atoms with Gasteiger partial charge in [-0.2, -0.15) is 0 Å². The van der Waals surface area contributed by atoms with Crippen LogP contribution in [0.1, 0.15) is 38.1 Å². The Kier molecular flexibility index (Phi) is 5.70. The fourth-order valence-corrected chi connectivity index (χ4v) is 4.49. The first kappa shape index (κ1) is 19.9. The van der Waals surface area contributed by atoms with Crippen LogP contribution in [0.3, 0.4) is 0 Å². The largest absolute Gasteiger partial charge is 0.468 e. The van der Waals surface area contributed by atoms with Gasteiger partial charge in [-0.1, -0.05) is 23.8 Å². The Balaban J connectivity index is 1.86. The average Bonchev–Trinajstić information content (AvgIpc) is 3.18. The van der Waals surface area contributed by atoms with Crippen LogP contribution in [0.5, 0.6) is 0 Å². The lowest BCUT2D eigenvalue weighted by atomic mass is 10.1. The molecule has 1 N–H and O–H groups in total. The normalized spacial score (nSPS) is 12.5. The Hall–Kier alpha value is -2.86. The van der Waals surface area contributed by atoms with Crippen molar-refractivity contribution in [2.75, 3.05) is 6.54 Å². The number of rotatable bonds is 6. The first-order chi connectivity index (χ1) is 13.3. The molecule has 0 aliphatic rings. The highest BCUT2D eigenvalue weighted by atomic mass is 32.2. The summed E-state index contributed by atoms with van der Waals surface area (Å²) in [5.41, 5.74) is 3.56. The molecule has 1 atom stereocenters. The van der Waals surface area contributed by atoms with E-state index in [4.69, 9.17) is 4.42 Å². The van der Waals surface area contributed by atoms with Crippen molar-refractivity contribution in [3.05, 3.63) is 88.9 Å². The Morgan fingerprint density at radius 2 is 1.71 bits per heavy atom. The van der Waals surface area contributed by atoms with Gasteiger partial charge in [0.1, 0.15) is 11.0 Å². The number of hydrogen-bond acceptors (Lipinski definition) is 4. The fraction of sp³-hybridized carbons (Fsp3) is 0.227. The predicted molar refractivity (Wildman–Crippen MR) is 108 cm³/mol. The lowest BCUT2D eigenvalue weighted by Gasteiger charge is -2.17. The fourth-order valence-electron chi connectivity index (χ4n) is 2.90. The first-order valence-electron chi connectivity index (χ1n) is 8.98. The Morgan fingerprint density at radius 1 is 1.00 bits per heavy atom. The van der Waals surface area contributed by atoms with Gasteiger partial charge in [0.05, 0.1) is 11.2 Å². The van der Waals surface area contributed by atoms with E-state index in [-0.39, 0.29) is 17.3 Å². The zero-order valence-corrected chi connectivity index (χ0v) is 16.9. The average molecular weight is 397 g/mol. The molecule has 0 aliphatic carbocycles. The third-order valence-corrected chi connectivity index (χ3v) is 6.88. The minimum absolute atomic E-state index is 0.0878. The van der Waals surface area contributed by atoms with Crippen LogP contribution < -0.4 is 5.32 Å². The molecule has 146 valence electrons. The van der Waals surface area contributed by atoms with Crippen LogP contribution >= 0.6 is 0 Å². The molecule has 28 heavy (non-hydrogen) atoms. The van der Waals surface area contributed by atoms with E-state index in [0.29, 0.717) is 11.3 Å². The minimum atomic E-state index is -3.74. The molecule has 1 amide bonds. The summed E-state index contributed by atoms with van der Waals surface area (Å²) in [4.78, 5) is 12.7. The van der Waals surface area contributed by atoms with E-state index in [1.807, 2.05) is 26.8 Å². The van der Waals surface area contributed by atoms with E-state index in [0.717, 1.165) is 16.7 Å². The second-order valence-corrected chi connectivity index (χ2v) is 9.00. The SMILES string of the molecule is Cc1ccc(S(=O)(=O)C(CNC(=O)c2ccc(C)c(C)c2)c2ccco2)cc1. The Morgan fingerprint density at radius 3 is 2.32 bits per heavy atom. The second kappa shape index (κ2) is 8.02. The third kappa shape index (κ3) is 4.17. The van der Waals surface area contributed by atoms with E-state index in [2.05, 4.69) is 5.32 Å². The van der Waals surface area contributed by atoms with Crippen molar-refractivity contribution in [1.82, 2.24) is 5.32 Å². The maximum atomic E-state index is 13.2. The van der Waals surface area contributed by atoms with E-state index >= 15 is 0 Å². The van der Waals surface area contributed by atoms with E-state index in [1.165, 1.54) is 6.26 Å². The predicted octanol–water partition coefficient (Wildman–Crippen LogP) is 4.15. The van der Waals surface area contributed by atoms with Crippen LogP contribution in [0.2, 0.25) is 0 Å². The van der Waals surface area contributed by atoms with Crippen molar-refractivity contribution in [2.24, 2.45) is 0 Å². The van der Waals surface area contributed by atoms with Crippen molar-refractivity contribution in [3.8, 4) is 0 Å². The van der Waals surface area contributed by atoms with Gasteiger partial charge < -0.3 is 9.73 Å². The molecule has 0 aliphatic heterocycles. The van der Waals surface area contributed by atoms with Gasteiger partial charge >= 0.3 is 0 Å². The van der Waals surface area contributed by atoms with Gasteiger partial charge in [-0.05, 0) is 68.3 Å². The Labute approximate surface area is 165 Å². The number of aryl methyl sites for hydroxylation is 3. The lowest BCUT2D eigenvalue weighted by Crippen LogP contribution is -2.31. The highest BCUT2D eigenvalue weighted by molar-refractivity contribution is 7.91. The molecule has 3 rings (SSSR count). The summed E-state index contributed by atoms with van der Waals surface area (Å²) in [6, 6.07) is 15.3. The number of sulfone groups is 1. The van der Waals surface area contributed by atoms with Crippen LogP contribution in [0.15, 0.2) is 70.2 Å². The summed E-state index contributed by atoms with van der Waals surface area (Å²) in [6.45, 7) is 5.71. The topological polar surface area (TPSA) is 76.4 Å². The number of nitrogens with one attached hydrogen (secondary N) is 1. The van der Waals surface area contributed by atoms with Gasteiger partial charge in [0.25, 0.3) is 5.91 Å². The summed E-state index contributed by atoms with van der Waals surface area (Å²) < 4.78 is 31.7. The van der Waals surface area contributed by atoms with Gasteiger partial charge in [-0.25, -0.2) is 8.42 Å². The molecule has 0 radical (unpaired) electrons. The zero-order valence-electron chi connectivity index (χ0n) is 16.1. The highest BCUT2D eigenvalue weighted by Gasteiger charge is 2.32. The van der Waals surface area contributed by atoms with Crippen LogP contribution in [0, 0.1) is 20.8 Å². The molecule has 1 unspecified atom stereocenters. The van der Waals surface area contributed by atoms with Crippen molar-refractivity contribution < 1.29 is 17.6 Å². The van der Waals surface area contributed by atoms with Crippen LogP contribution in [0.4, 0.5) is 0 Å². The monoisotopic (exact) mass is 397 g/mol. The standard InChI is InChI=1S/C22H23NO4S/c1-15-6-10-19(11-7-15)28(25,26)21(20-5-4-12-27-20)14-23-22(24)18-9-8-16(2)17(3)13-18/h4-13,21H,14H2,1-3H3,(H,23,24). The van der Waals surface area contributed by atoms with Crippen molar-refractivity contribution in [2.45, 2.75) is 30.9 Å². The number of benzene rings is 2. The second-order valence-electron chi connectivity index (χ2n) is 6.87. The maximum Gasteiger partial charge on any atom is 0.251 e. The maximum absolute atomic E-state index is 13.2. The number of carbonyl (C=O) groups excluding carboxylic acids is 1. The van der Waals surface area contributed by atoms with E-state index in [9.17, 15) is 13.2 Å². The van der Waals surface area contributed by atoms with Gasteiger partial charge in [0, 0.05) is 12.1 Å². The van der Waals surface area contributed by atoms with Crippen LogP contribution in [0.25, 0.3) is 0 Å². The molecule has 0 fully saturated rings. The molecule has 3 aromatic rings. The molecule has 1 aromatic heterocycles. The van der Waals surface area contributed by atoms with E-state index < -0.39 is 15.1 Å². The van der Waals surface area contributed by atoms with Crippen molar-refractivity contribution in [1.29, 1.82) is 0 Å². The Bertz CT molecular complexity index is 1070. The highest BCUT2D eigenvalue weighted by Crippen LogP contribution is 2.29. The lowest BCUT2D eigenvalue weighted by molar-refractivity contribution is 0.0953. The minimum Gasteiger partial charge on any atom is -0.468 e. The number of furan rings is 1. The van der Waals surface area contributed by atoms with Crippen LogP contribution in [-0.2, 0) is 9.84 Å². The number of carbonyl (C=O) groups is 1. The molecule has 6 heteroatoms. The molecule has 2 aromatic carbocycles. The molecule has 0 saturated heterocycles. The molecule has 1 heterocycles.